The minimum Gasteiger partial charge on any atom is -0.342 e. The van der Waals surface area contributed by atoms with Gasteiger partial charge in [-0.05, 0) is 44.5 Å². The highest BCUT2D eigenvalue weighted by Crippen LogP contribution is 2.24. The average molecular weight is 426 g/mol. The van der Waals surface area contributed by atoms with Gasteiger partial charge < -0.3 is 14.8 Å². The quantitative estimate of drug-likeness (QED) is 0.453. The fourth-order valence-corrected chi connectivity index (χ4v) is 3.58. The zero-order valence-corrected chi connectivity index (χ0v) is 18.0. The molecule has 7 heteroatoms. The minimum atomic E-state index is -0.752. The second-order valence-corrected chi connectivity index (χ2v) is 7.43. The Hall–Kier alpha value is -3.12. The summed E-state index contributed by atoms with van der Waals surface area (Å²) in [5, 5.41) is 3.74. The van der Waals surface area contributed by atoms with Gasteiger partial charge in [-0.2, -0.15) is 0 Å². The molecule has 0 unspecified atom stereocenters. The number of carbonyl (C=O) groups is 3. The molecular formula is C23H24ClN3O3. The fraction of sp³-hybridized carbons (Fsp3) is 0.261. The zero-order valence-electron chi connectivity index (χ0n) is 17.2. The molecule has 0 atom stereocenters. The molecule has 0 saturated heterocycles. The van der Waals surface area contributed by atoms with Crippen LogP contribution >= 0.6 is 11.6 Å². The van der Waals surface area contributed by atoms with Gasteiger partial charge in [-0.1, -0.05) is 35.9 Å². The van der Waals surface area contributed by atoms with Crippen LogP contribution in [0.5, 0.6) is 0 Å². The molecule has 0 fully saturated rings. The van der Waals surface area contributed by atoms with E-state index in [1.807, 2.05) is 32.9 Å². The summed E-state index contributed by atoms with van der Waals surface area (Å²) in [5.41, 5.74) is 2.28. The first-order valence-corrected chi connectivity index (χ1v) is 10.2. The molecule has 2 amide bonds. The SMILES string of the molecule is CCN(CC)C(=O)Cn1cc(C(=O)C(=O)Nc2cc(Cl)ccc2C)c2ccccc21. The number of aryl methyl sites for hydroxylation is 1. The Labute approximate surface area is 180 Å². The molecule has 0 aliphatic heterocycles. The van der Waals surface area contributed by atoms with Gasteiger partial charge in [0.15, 0.2) is 0 Å². The lowest BCUT2D eigenvalue weighted by atomic mass is 10.1. The molecule has 0 saturated carbocycles. The van der Waals surface area contributed by atoms with E-state index in [9.17, 15) is 14.4 Å². The van der Waals surface area contributed by atoms with Crippen LogP contribution in [0.1, 0.15) is 29.8 Å². The Bertz CT molecular complexity index is 1120. The number of aromatic nitrogens is 1. The number of hydrogen-bond acceptors (Lipinski definition) is 3. The number of amides is 2. The third-order valence-corrected chi connectivity index (χ3v) is 5.34. The van der Waals surface area contributed by atoms with Crippen molar-refractivity contribution in [1.29, 1.82) is 0 Å². The Morgan fingerprint density at radius 3 is 2.47 bits per heavy atom. The van der Waals surface area contributed by atoms with E-state index in [0.717, 1.165) is 11.1 Å². The number of halogens is 1. The van der Waals surface area contributed by atoms with Crippen molar-refractivity contribution < 1.29 is 14.4 Å². The number of Topliss-reactive ketones (excluding diaryl/α,β-unsaturated/α-hetero) is 1. The summed E-state index contributed by atoms with van der Waals surface area (Å²) >= 11 is 6.00. The maximum Gasteiger partial charge on any atom is 0.296 e. The van der Waals surface area contributed by atoms with Crippen LogP contribution in [0.4, 0.5) is 5.69 Å². The van der Waals surface area contributed by atoms with Gasteiger partial charge in [0.2, 0.25) is 5.91 Å². The van der Waals surface area contributed by atoms with E-state index in [-0.39, 0.29) is 18.0 Å². The largest absolute Gasteiger partial charge is 0.342 e. The van der Waals surface area contributed by atoms with Crippen LogP contribution in [-0.4, -0.2) is 40.2 Å². The number of carbonyl (C=O) groups excluding carboxylic acids is 3. The Balaban J connectivity index is 1.92. The third kappa shape index (κ3) is 4.39. The van der Waals surface area contributed by atoms with Crippen LogP contribution in [-0.2, 0) is 16.1 Å². The Kier molecular flexibility index (Phi) is 6.57. The summed E-state index contributed by atoms with van der Waals surface area (Å²) in [7, 11) is 0. The topological polar surface area (TPSA) is 71.4 Å². The van der Waals surface area contributed by atoms with Gasteiger partial charge in [0, 0.05) is 40.9 Å². The standard InChI is InChI=1S/C23H24ClN3O3/c1-4-26(5-2)21(28)14-27-13-18(17-8-6-7-9-20(17)27)22(29)23(30)25-19-12-16(24)11-10-15(19)3/h6-13H,4-5,14H2,1-3H3,(H,25,30). The highest BCUT2D eigenvalue weighted by atomic mass is 35.5. The monoisotopic (exact) mass is 425 g/mol. The first-order valence-electron chi connectivity index (χ1n) is 9.83. The number of ketones is 1. The van der Waals surface area contributed by atoms with Gasteiger partial charge in [0.1, 0.15) is 6.54 Å². The van der Waals surface area contributed by atoms with Gasteiger partial charge in [-0.3, -0.25) is 14.4 Å². The molecule has 0 aliphatic rings. The maximum absolute atomic E-state index is 13.0. The highest BCUT2D eigenvalue weighted by molar-refractivity contribution is 6.48. The molecule has 0 spiro atoms. The van der Waals surface area contributed by atoms with Gasteiger partial charge in [-0.25, -0.2) is 0 Å². The molecule has 1 heterocycles. The van der Waals surface area contributed by atoms with E-state index >= 15 is 0 Å². The highest BCUT2D eigenvalue weighted by Gasteiger charge is 2.23. The summed E-state index contributed by atoms with van der Waals surface area (Å²) in [6.45, 7) is 6.99. The lowest BCUT2D eigenvalue weighted by Gasteiger charge is -2.19. The van der Waals surface area contributed by atoms with Gasteiger partial charge >= 0.3 is 0 Å². The lowest BCUT2D eigenvalue weighted by Crippen LogP contribution is -2.33. The van der Waals surface area contributed by atoms with Crippen LogP contribution < -0.4 is 5.32 Å². The molecule has 3 rings (SSSR count). The van der Waals surface area contributed by atoms with Gasteiger partial charge in [0.05, 0.1) is 5.56 Å². The van der Waals surface area contributed by atoms with Crippen molar-refractivity contribution >= 4 is 45.8 Å². The molecule has 0 bridgehead atoms. The van der Waals surface area contributed by atoms with E-state index in [2.05, 4.69) is 5.32 Å². The first kappa shape index (κ1) is 21.6. The molecule has 0 aliphatic carbocycles. The molecule has 30 heavy (non-hydrogen) atoms. The van der Waals surface area contributed by atoms with E-state index in [1.54, 1.807) is 46.0 Å². The second kappa shape index (κ2) is 9.13. The molecule has 6 nitrogen and oxygen atoms in total. The van der Waals surface area contributed by atoms with Crippen molar-refractivity contribution in [2.24, 2.45) is 0 Å². The van der Waals surface area contributed by atoms with Crippen LogP contribution in [0.2, 0.25) is 5.02 Å². The number of nitrogens with zero attached hydrogens (tertiary/aromatic N) is 2. The molecule has 1 aromatic heterocycles. The Morgan fingerprint density at radius 1 is 1.07 bits per heavy atom. The number of likely N-dealkylation sites (N-methyl/N-ethyl adjacent to an activating group) is 1. The number of hydrogen-bond donors (Lipinski definition) is 1. The number of benzene rings is 2. The molecule has 156 valence electrons. The molecule has 0 radical (unpaired) electrons. The van der Waals surface area contributed by atoms with Crippen molar-refractivity contribution in [1.82, 2.24) is 9.47 Å². The van der Waals surface area contributed by atoms with Crippen molar-refractivity contribution in [2.75, 3.05) is 18.4 Å². The number of rotatable bonds is 7. The number of fused-ring (bicyclic) bond motifs is 1. The number of nitrogens with one attached hydrogen (secondary N) is 1. The summed E-state index contributed by atoms with van der Waals surface area (Å²) in [6.07, 6.45) is 1.58. The van der Waals surface area contributed by atoms with Crippen LogP contribution in [0.3, 0.4) is 0 Å². The summed E-state index contributed by atoms with van der Waals surface area (Å²) in [4.78, 5) is 39.9. The smallest absolute Gasteiger partial charge is 0.296 e. The second-order valence-electron chi connectivity index (χ2n) is 7.00. The number of anilines is 1. The van der Waals surface area contributed by atoms with E-state index in [0.29, 0.717) is 29.2 Å². The predicted molar refractivity (Wildman–Crippen MR) is 119 cm³/mol. The first-order chi connectivity index (χ1) is 14.3. The van der Waals surface area contributed by atoms with Crippen molar-refractivity contribution in [2.45, 2.75) is 27.3 Å². The maximum atomic E-state index is 13.0. The summed E-state index contributed by atoms with van der Waals surface area (Å²) in [6, 6.07) is 12.3. The summed E-state index contributed by atoms with van der Waals surface area (Å²) in [5.74, 6) is -1.46. The number of para-hydroxylation sites is 1. The summed E-state index contributed by atoms with van der Waals surface area (Å²) < 4.78 is 1.72. The van der Waals surface area contributed by atoms with E-state index < -0.39 is 11.7 Å². The minimum absolute atomic E-state index is 0.0428. The molecule has 1 N–H and O–H groups in total. The normalized spacial score (nSPS) is 10.8. The van der Waals surface area contributed by atoms with Crippen molar-refractivity contribution in [3.63, 3.8) is 0 Å². The zero-order chi connectivity index (χ0) is 21.8. The molecule has 2 aromatic carbocycles. The van der Waals surface area contributed by atoms with Crippen LogP contribution in [0.15, 0.2) is 48.7 Å². The fourth-order valence-electron chi connectivity index (χ4n) is 3.41. The van der Waals surface area contributed by atoms with Gasteiger partial charge in [-0.15, -0.1) is 0 Å². The predicted octanol–water partition coefficient (Wildman–Crippen LogP) is 4.29. The van der Waals surface area contributed by atoms with E-state index in [1.165, 1.54) is 0 Å². The lowest BCUT2D eigenvalue weighted by molar-refractivity contribution is -0.131. The van der Waals surface area contributed by atoms with Crippen molar-refractivity contribution in [3.05, 3.63) is 64.8 Å². The third-order valence-electron chi connectivity index (χ3n) is 5.11. The van der Waals surface area contributed by atoms with Crippen LogP contribution in [0, 0.1) is 6.92 Å². The Morgan fingerprint density at radius 2 is 1.77 bits per heavy atom. The van der Waals surface area contributed by atoms with Gasteiger partial charge in [0.25, 0.3) is 11.7 Å². The van der Waals surface area contributed by atoms with E-state index in [4.69, 9.17) is 11.6 Å². The van der Waals surface area contributed by atoms with Crippen molar-refractivity contribution in [3.8, 4) is 0 Å². The molecule has 3 aromatic rings. The average Bonchev–Trinajstić information content (AvgIpc) is 3.09. The van der Waals surface area contributed by atoms with Crippen LogP contribution in [0.25, 0.3) is 10.9 Å². The molecular weight excluding hydrogens is 402 g/mol.